The van der Waals surface area contributed by atoms with Crippen LogP contribution in [0.25, 0.3) is 0 Å². The summed E-state index contributed by atoms with van der Waals surface area (Å²) in [5.74, 6) is 0.785. The molecule has 0 saturated heterocycles. The van der Waals surface area contributed by atoms with E-state index in [2.05, 4.69) is 44.8 Å². The molecule has 0 spiro atoms. The molecule has 2 aliphatic carbocycles. The van der Waals surface area contributed by atoms with Crippen LogP contribution in [0.15, 0.2) is 0 Å². The molecule has 0 aromatic heterocycles. The summed E-state index contributed by atoms with van der Waals surface area (Å²) in [7, 11) is 0. The van der Waals surface area contributed by atoms with Crippen LogP contribution in [0.3, 0.4) is 0 Å². The van der Waals surface area contributed by atoms with Crippen LogP contribution in [0.1, 0.15) is 73.1 Å². The van der Waals surface area contributed by atoms with Gasteiger partial charge in [-0.05, 0) is 50.0 Å². The molecule has 1 N–H and O–H groups in total. The van der Waals surface area contributed by atoms with Gasteiger partial charge in [-0.2, -0.15) is 0 Å². The summed E-state index contributed by atoms with van der Waals surface area (Å²) >= 11 is 0. The van der Waals surface area contributed by atoms with Gasteiger partial charge in [0.05, 0.1) is 0 Å². The molecular weight excluding hydrogens is 244 g/mol. The Bertz CT molecular complexity index is 294. The van der Waals surface area contributed by atoms with E-state index in [-0.39, 0.29) is 0 Å². The highest BCUT2D eigenvalue weighted by Crippen LogP contribution is 2.41. The molecule has 2 atom stereocenters. The Labute approximate surface area is 126 Å². The predicted octanol–water partition coefficient (Wildman–Crippen LogP) is 4.05. The summed E-state index contributed by atoms with van der Waals surface area (Å²) in [6, 6.07) is 2.33. The minimum Gasteiger partial charge on any atom is -0.312 e. The summed E-state index contributed by atoms with van der Waals surface area (Å²) in [6.45, 7) is 14.4. The molecule has 0 radical (unpaired) electrons. The van der Waals surface area contributed by atoms with Gasteiger partial charge in [0, 0.05) is 24.7 Å². The maximum atomic E-state index is 3.91. The Morgan fingerprint density at radius 1 is 1.20 bits per heavy atom. The minimum atomic E-state index is 0.447. The van der Waals surface area contributed by atoms with E-state index in [1.165, 1.54) is 51.6 Å². The lowest BCUT2D eigenvalue weighted by atomic mass is 9.70. The first-order valence-electron chi connectivity index (χ1n) is 8.95. The molecule has 2 aliphatic rings. The van der Waals surface area contributed by atoms with Gasteiger partial charge in [-0.3, -0.25) is 4.90 Å². The van der Waals surface area contributed by atoms with Crippen LogP contribution in [0.4, 0.5) is 0 Å². The zero-order valence-corrected chi connectivity index (χ0v) is 14.4. The van der Waals surface area contributed by atoms with Crippen molar-refractivity contribution in [2.45, 2.75) is 91.3 Å². The third-order valence-electron chi connectivity index (χ3n) is 5.18. The zero-order valence-electron chi connectivity index (χ0n) is 14.4. The molecule has 0 amide bonds. The van der Waals surface area contributed by atoms with Crippen molar-refractivity contribution in [2.75, 3.05) is 13.1 Å². The van der Waals surface area contributed by atoms with E-state index in [1.54, 1.807) is 0 Å². The molecule has 0 aromatic carbocycles. The summed E-state index contributed by atoms with van der Waals surface area (Å²) in [6.07, 6.45) is 8.30. The predicted molar refractivity (Wildman–Crippen MR) is 88.1 cm³/mol. The van der Waals surface area contributed by atoms with Gasteiger partial charge in [-0.1, -0.05) is 41.0 Å². The molecule has 2 saturated carbocycles. The molecule has 2 nitrogen and oxygen atoms in total. The summed E-state index contributed by atoms with van der Waals surface area (Å²) in [4.78, 5) is 2.87. The van der Waals surface area contributed by atoms with Crippen molar-refractivity contribution in [1.29, 1.82) is 0 Å². The fraction of sp³-hybridized carbons (Fsp3) is 1.00. The lowest BCUT2D eigenvalue weighted by Crippen LogP contribution is -2.60. The van der Waals surface area contributed by atoms with Crippen LogP contribution >= 0.6 is 0 Å². The van der Waals surface area contributed by atoms with E-state index in [0.29, 0.717) is 11.5 Å². The van der Waals surface area contributed by atoms with Crippen molar-refractivity contribution in [3.8, 4) is 0 Å². The van der Waals surface area contributed by atoms with Crippen LogP contribution in [-0.2, 0) is 0 Å². The second-order valence-electron chi connectivity index (χ2n) is 8.20. The molecule has 0 aliphatic heterocycles. The molecule has 0 aromatic rings. The van der Waals surface area contributed by atoms with Gasteiger partial charge >= 0.3 is 0 Å². The lowest BCUT2D eigenvalue weighted by molar-refractivity contribution is 0.0368. The Morgan fingerprint density at radius 3 is 2.45 bits per heavy atom. The molecule has 0 heterocycles. The first kappa shape index (κ1) is 16.3. The Kier molecular flexibility index (Phi) is 5.53. The van der Waals surface area contributed by atoms with Gasteiger partial charge in [0.25, 0.3) is 0 Å². The average Bonchev–Trinajstić information content (AvgIpc) is 3.17. The first-order chi connectivity index (χ1) is 9.45. The van der Waals surface area contributed by atoms with Gasteiger partial charge in [0.1, 0.15) is 0 Å². The second kappa shape index (κ2) is 6.79. The average molecular weight is 280 g/mol. The molecular formula is C18H36N2. The van der Waals surface area contributed by atoms with E-state index in [1.807, 2.05) is 0 Å². The standard InChI is InChI=1S/C18H36N2/c1-6-12-19-17-16(8-7-11-18(17,4)5)20(13-14(2)3)15-9-10-15/h14-17,19H,6-13H2,1-5H3. The maximum Gasteiger partial charge on any atom is 0.0274 e. The highest BCUT2D eigenvalue weighted by atomic mass is 15.2. The van der Waals surface area contributed by atoms with Crippen LogP contribution < -0.4 is 5.32 Å². The fourth-order valence-electron chi connectivity index (χ4n) is 4.06. The lowest BCUT2D eigenvalue weighted by Gasteiger charge is -2.49. The Balaban J connectivity index is 2.11. The first-order valence-corrected chi connectivity index (χ1v) is 8.95. The van der Waals surface area contributed by atoms with Gasteiger partial charge in [-0.25, -0.2) is 0 Å². The molecule has 118 valence electrons. The number of nitrogens with one attached hydrogen (secondary N) is 1. The number of hydrogen-bond donors (Lipinski definition) is 1. The van der Waals surface area contributed by atoms with E-state index >= 15 is 0 Å². The van der Waals surface area contributed by atoms with Crippen LogP contribution in [0.5, 0.6) is 0 Å². The van der Waals surface area contributed by atoms with Crippen molar-refractivity contribution >= 4 is 0 Å². The highest BCUT2D eigenvalue weighted by molar-refractivity contribution is 5.01. The smallest absolute Gasteiger partial charge is 0.0274 e. The minimum absolute atomic E-state index is 0.447. The number of hydrogen-bond acceptors (Lipinski definition) is 2. The monoisotopic (exact) mass is 280 g/mol. The van der Waals surface area contributed by atoms with Crippen LogP contribution in [-0.4, -0.2) is 36.1 Å². The van der Waals surface area contributed by atoms with Gasteiger partial charge < -0.3 is 5.32 Å². The molecule has 2 unspecified atom stereocenters. The summed E-state index contributed by atoms with van der Waals surface area (Å²) in [5.41, 5.74) is 0.447. The number of nitrogens with zero attached hydrogens (tertiary/aromatic N) is 1. The van der Waals surface area contributed by atoms with Gasteiger partial charge in [-0.15, -0.1) is 0 Å². The van der Waals surface area contributed by atoms with Crippen molar-refractivity contribution in [2.24, 2.45) is 11.3 Å². The Hall–Kier alpha value is -0.0800. The van der Waals surface area contributed by atoms with E-state index in [0.717, 1.165) is 18.0 Å². The van der Waals surface area contributed by atoms with E-state index < -0.39 is 0 Å². The van der Waals surface area contributed by atoms with E-state index in [4.69, 9.17) is 0 Å². The molecule has 20 heavy (non-hydrogen) atoms. The van der Waals surface area contributed by atoms with Crippen LogP contribution in [0.2, 0.25) is 0 Å². The summed E-state index contributed by atoms with van der Waals surface area (Å²) in [5, 5.41) is 3.91. The van der Waals surface area contributed by atoms with Gasteiger partial charge in [0.15, 0.2) is 0 Å². The highest BCUT2D eigenvalue weighted by Gasteiger charge is 2.44. The molecule has 2 rings (SSSR count). The fourth-order valence-corrected chi connectivity index (χ4v) is 4.06. The molecule has 2 fully saturated rings. The van der Waals surface area contributed by atoms with Crippen molar-refractivity contribution in [3.63, 3.8) is 0 Å². The van der Waals surface area contributed by atoms with Crippen molar-refractivity contribution in [3.05, 3.63) is 0 Å². The summed E-state index contributed by atoms with van der Waals surface area (Å²) < 4.78 is 0. The third-order valence-corrected chi connectivity index (χ3v) is 5.18. The second-order valence-corrected chi connectivity index (χ2v) is 8.20. The number of rotatable bonds is 7. The van der Waals surface area contributed by atoms with Gasteiger partial charge in [0.2, 0.25) is 0 Å². The molecule has 2 heteroatoms. The maximum absolute atomic E-state index is 3.91. The van der Waals surface area contributed by atoms with Crippen LogP contribution in [0, 0.1) is 11.3 Å². The quantitative estimate of drug-likeness (QED) is 0.757. The topological polar surface area (TPSA) is 15.3 Å². The SMILES string of the molecule is CCCNC1C(N(CC(C)C)C2CC2)CCCC1(C)C. The normalized spacial score (nSPS) is 30.1. The van der Waals surface area contributed by atoms with Crippen molar-refractivity contribution < 1.29 is 0 Å². The molecule has 0 bridgehead atoms. The zero-order chi connectivity index (χ0) is 14.8. The van der Waals surface area contributed by atoms with Crippen molar-refractivity contribution in [1.82, 2.24) is 10.2 Å². The largest absolute Gasteiger partial charge is 0.312 e. The van der Waals surface area contributed by atoms with E-state index in [9.17, 15) is 0 Å². The Morgan fingerprint density at radius 2 is 1.90 bits per heavy atom. The third kappa shape index (κ3) is 3.98.